The van der Waals surface area contributed by atoms with Gasteiger partial charge >= 0.3 is 5.69 Å². The van der Waals surface area contributed by atoms with Gasteiger partial charge in [0.25, 0.3) is 11.2 Å². The van der Waals surface area contributed by atoms with Gasteiger partial charge in [-0.25, -0.2) is 9.36 Å². The second-order valence-corrected chi connectivity index (χ2v) is 7.88. The highest BCUT2D eigenvalue weighted by atomic mass is 32.1. The van der Waals surface area contributed by atoms with Crippen LogP contribution in [0.2, 0.25) is 0 Å². The summed E-state index contributed by atoms with van der Waals surface area (Å²) in [6.07, 6.45) is 0. The van der Waals surface area contributed by atoms with Gasteiger partial charge < -0.3 is 0 Å². The Hall–Kier alpha value is -3.85. The number of aromatic nitrogens is 2. The molecular weight excluding hydrogens is 406 g/mol. The fourth-order valence-corrected chi connectivity index (χ4v) is 4.21. The van der Waals surface area contributed by atoms with Crippen molar-refractivity contribution in [2.24, 2.45) is 0 Å². The monoisotopic (exact) mass is 421 g/mol. The number of para-hydroxylation sites is 1. The summed E-state index contributed by atoms with van der Waals surface area (Å²) >= 11 is 1.26. The van der Waals surface area contributed by atoms with Crippen molar-refractivity contribution in [2.75, 3.05) is 0 Å². The zero-order chi connectivity index (χ0) is 21.4. The molecule has 0 bridgehead atoms. The van der Waals surface area contributed by atoms with E-state index in [4.69, 9.17) is 0 Å². The molecule has 0 fully saturated rings. The SMILES string of the molecule is Cc1cc2c(=O)n(-c3ccccc3)c(=O)n(CC(=O)c3ccc([N+](=O)[O-])cc3)c2s1. The fourth-order valence-electron chi connectivity index (χ4n) is 3.22. The number of nitrogens with zero attached hydrogens (tertiary/aromatic N) is 3. The highest BCUT2D eigenvalue weighted by molar-refractivity contribution is 7.18. The smallest absolute Gasteiger partial charge is 0.292 e. The summed E-state index contributed by atoms with van der Waals surface area (Å²) in [7, 11) is 0. The summed E-state index contributed by atoms with van der Waals surface area (Å²) in [6, 6.07) is 15.4. The van der Waals surface area contributed by atoms with Crippen LogP contribution in [0, 0.1) is 17.0 Å². The first-order valence-corrected chi connectivity index (χ1v) is 9.77. The second-order valence-electron chi connectivity index (χ2n) is 6.65. The summed E-state index contributed by atoms with van der Waals surface area (Å²) in [6.45, 7) is 1.53. The van der Waals surface area contributed by atoms with E-state index >= 15 is 0 Å². The van der Waals surface area contributed by atoms with E-state index in [0.717, 1.165) is 9.44 Å². The van der Waals surface area contributed by atoms with E-state index in [-0.39, 0.29) is 17.8 Å². The number of fused-ring (bicyclic) bond motifs is 1. The first kappa shape index (κ1) is 19.5. The Morgan fingerprint density at radius 1 is 1.07 bits per heavy atom. The normalized spacial score (nSPS) is 11.0. The number of carbonyl (C=O) groups is 1. The first-order chi connectivity index (χ1) is 14.4. The lowest BCUT2D eigenvalue weighted by atomic mass is 10.1. The molecule has 4 aromatic rings. The van der Waals surface area contributed by atoms with E-state index in [2.05, 4.69) is 0 Å². The molecule has 0 radical (unpaired) electrons. The molecule has 0 amide bonds. The maximum atomic E-state index is 13.2. The minimum Gasteiger partial charge on any atom is -0.292 e. The van der Waals surface area contributed by atoms with Crippen LogP contribution in [0.5, 0.6) is 0 Å². The third kappa shape index (κ3) is 3.35. The number of hydrogen-bond acceptors (Lipinski definition) is 6. The molecule has 2 heterocycles. The van der Waals surface area contributed by atoms with Crippen molar-refractivity contribution >= 4 is 33.0 Å². The molecule has 0 unspecified atom stereocenters. The van der Waals surface area contributed by atoms with E-state index in [1.807, 2.05) is 6.92 Å². The zero-order valence-corrected chi connectivity index (χ0v) is 16.6. The third-order valence-electron chi connectivity index (χ3n) is 4.65. The molecule has 0 atom stereocenters. The van der Waals surface area contributed by atoms with Crippen molar-refractivity contribution in [3.8, 4) is 5.69 Å². The number of thiophene rings is 1. The zero-order valence-electron chi connectivity index (χ0n) is 15.8. The van der Waals surface area contributed by atoms with Crippen LogP contribution in [0.3, 0.4) is 0 Å². The number of hydrogen-bond donors (Lipinski definition) is 0. The topological polar surface area (TPSA) is 104 Å². The number of Topliss-reactive ketones (excluding diaryl/α,β-unsaturated/α-hetero) is 1. The average molecular weight is 421 g/mol. The number of aryl methyl sites for hydroxylation is 1. The molecule has 0 saturated heterocycles. The van der Waals surface area contributed by atoms with Crippen LogP contribution in [-0.2, 0) is 6.54 Å². The number of nitro groups is 1. The predicted octanol–water partition coefficient (Wildman–Crippen LogP) is 3.31. The van der Waals surface area contributed by atoms with E-state index in [0.29, 0.717) is 15.9 Å². The third-order valence-corrected chi connectivity index (χ3v) is 5.73. The predicted molar refractivity (Wildman–Crippen MR) is 114 cm³/mol. The van der Waals surface area contributed by atoms with Gasteiger partial charge in [-0.05, 0) is 37.3 Å². The molecule has 2 aromatic heterocycles. The number of carbonyl (C=O) groups excluding carboxylic acids is 1. The Morgan fingerprint density at radius 3 is 2.37 bits per heavy atom. The Balaban J connectivity index is 1.86. The number of non-ortho nitro benzene ring substituents is 1. The van der Waals surface area contributed by atoms with Crippen LogP contribution in [0.1, 0.15) is 15.2 Å². The molecule has 4 rings (SSSR count). The van der Waals surface area contributed by atoms with E-state index in [9.17, 15) is 24.5 Å². The molecule has 0 spiro atoms. The molecule has 0 aliphatic heterocycles. The van der Waals surface area contributed by atoms with E-state index in [1.54, 1.807) is 36.4 Å². The minimum atomic E-state index is -0.615. The van der Waals surface area contributed by atoms with Crippen molar-refractivity contribution in [3.63, 3.8) is 0 Å². The van der Waals surface area contributed by atoms with E-state index < -0.39 is 22.0 Å². The standard InChI is InChI=1S/C21H15N3O5S/c1-13-11-17-19(26)23(15-5-3-2-4-6-15)21(27)22(20(17)30-13)12-18(25)14-7-9-16(10-8-14)24(28)29/h2-11H,12H2,1H3. The Kier molecular flexibility index (Phi) is 4.88. The Bertz CT molecular complexity index is 1400. The molecule has 0 N–H and O–H groups in total. The molecule has 0 aliphatic rings. The summed E-state index contributed by atoms with van der Waals surface area (Å²) in [5, 5.41) is 11.2. The van der Waals surface area contributed by atoms with Crippen LogP contribution in [0.4, 0.5) is 5.69 Å². The van der Waals surface area contributed by atoms with Gasteiger partial charge in [-0.3, -0.25) is 24.3 Å². The molecule has 9 heteroatoms. The summed E-state index contributed by atoms with van der Waals surface area (Å²) in [5.41, 5.74) is -0.529. The second kappa shape index (κ2) is 7.53. The first-order valence-electron chi connectivity index (χ1n) is 8.96. The molecular formula is C21H15N3O5S. The van der Waals surface area contributed by atoms with Crippen LogP contribution < -0.4 is 11.2 Å². The minimum absolute atomic E-state index is 0.127. The maximum absolute atomic E-state index is 13.2. The molecule has 0 aliphatic carbocycles. The van der Waals surface area contributed by atoms with Crippen LogP contribution in [0.25, 0.3) is 15.9 Å². The summed E-state index contributed by atoms with van der Waals surface area (Å²) < 4.78 is 2.34. The Labute approximate surface area is 173 Å². The van der Waals surface area contributed by atoms with Crippen molar-refractivity contribution in [1.82, 2.24) is 9.13 Å². The van der Waals surface area contributed by atoms with Crippen molar-refractivity contribution in [1.29, 1.82) is 0 Å². The van der Waals surface area contributed by atoms with Gasteiger partial charge in [-0.15, -0.1) is 11.3 Å². The molecule has 0 saturated carbocycles. The summed E-state index contributed by atoms with van der Waals surface area (Å²) in [4.78, 5) is 50.5. The van der Waals surface area contributed by atoms with Crippen molar-refractivity contribution < 1.29 is 9.72 Å². The van der Waals surface area contributed by atoms with Gasteiger partial charge in [0.05, 0.1) is 22.5 Å². The van der Waals surface area contributed by atoms with Crippen LogP contribution in [0.15, 0.2) is 70.3 Å². The van der Waals surface area contributed by atoms with Crippen molar-refractivity contribution in [3.05, 3.63) is 102 Å². The molecule has 2 aromatic carbocycles. The van der Waals surface area contributed by atoms with E-state index in [1.165, 1.54) is 40.2 Å². The number of benzene rings is 2. The van der Waals surface area contributed by atoms with Crippen molar-refractivity contribution in [2.45, 2.75) is 13.5 Å². The number of rotatable bonds is 5. The highest BCUT2D eigenvalue weighted by Crippen LogP contribution is 2.22. The quantitative estimate of drug-likeness (QED) is 0.279. The highest BCUT2D eigenvalue weighted by Gasteiger charge is 2.19. The lowest BCUT2D eigenvalue weighted by molar-refractivity contribution is -0.384. The fraction of sp³-hybridized carbons (Fsp3) is 0.0952. The van der Waals surface area contributed by atoms with Gasteiger partial charge in [0.1, 0.15) is 4.83 Å². The van der Waals surface area contributed by atoms with Gasteiger partial charge in [0.15, 0.2) is 5.78 Å². The largest absolute Gasteiger partial charge is 0.337 e. The maximum Gasteiger partial charge on any atom is 0.337 e. The van der Waals surface area contributed by atoms with Crippen LogP contribution in [-0.4, -0.2) is 19.8 Å². The molecule has 30 heavy (non-hydrogen) atoms. The average Bonchev–Trinajstić information content (AvgIpc) is 3.14. The molecule has 8 nitrogen and oxygen atoms in total. The lowest BCUT2D eigenvalue weighted by Gasteiger charge is -2.11. The van der Waals surface area contributed by atoms with Gasteiger partial charge in [-0.2, -0.15) is 0 Å². The van der Waals surface area contributed by atoms with Gasteiger partial charge in [0, 0.05) is 22.6 Å². The number of ketones is 1. The van der Waals surface area contributed by atoms with Gasteiger partial charge in [0.2, 0.25) is 0 Å². The van der Waals surface area contributed by atoms with Gasteiger partial charge in [-0.1, -0.05) is 18.2 Å². The lowest BCUT2D eigenvalue weighted by Crippen LogP contribution is -2.39. The summed E-state index contributed by atoms with van der Waals surface area (Å²) in [5.74, 6) is -0.391. The number of nitro benzene ring substituents is 1. The molecule has 150 valence electrons. The Morgan fingerprint density at radius 2 is 1.73 bits per heavy atom. The van der Waals surface area contributed by atoms with Crippen LogP contribution >= 0.6 is 11.3 Å².